The summed E-state index contributed by atoms with van der Waals surface area (Å²) in [5, 5.41) is 6.85. The Morgan fingerprint density at radius 3 is 2.46 bits per heavy atom. The first-order valence-corrected chi connectivity index (χ1v) is 10.8. The van der Waals surface area contributed by atoms with E-state index in [0.717, 1.165) is 57.6 Å². The lowest BCUT2D eigenvalue weighted by Gasteiger charge is -2.27. The lowest BCUT2D eigenvalue weighted by molar-refractivity contribution is 0.0341. The number of guanidine groups is 1. The molecule has 5 nitrogen and oxygen atoms in total. The average molecular weight is 399 g/mol. The van der Waals surface area contributed by atoms with Gasteiger partial charge in [-0.15, -0.1) is 11.8 Å². The van der Waals surface area contributed by atoms with E-state index < -0.39 is 0 Å². The molecule has 1 aliphatic heterocycles. The summed E-state index contributed by atoms with van der Waals surface area (Å²) in [5.74, 6) is 1.84. The number of aliphatic imine (C=N–C) groups is 1. The van der Waals surface area contributed by atoms with Crippen molar-refractivity contribution in [2.24, 2.45) is 4.99 Å². The van der Waals surface area contributed by atoms with E-state index in [9.17, 15) is 0 Å². The molecule has 1 saturated heterocycles. The molecule has 0 amide bonds. The van der Waals surface area contributed by atoms with Gasteiger partial charge in [-0.05, 0) is 23.3 Å². The van der Waals surface area contributed by atoms with Crippen LogP contribution in [0, 0.1) is 0 Å². The van der Waals surface area contributed by atoms with Gasteiger partial charge in [0.05, 0.1) is 13.2 Å². The number of hydrogen-bond acceptors (Lipinski definition) is 4. The molecule has 28 heavy (non-hydrogen) atoms. The quantitative estimate of drug-likeness (QED) is 0.310. The highest BCUT2D eigenvalue weighted by molar-refractivity contribution is 7.99. The molecular formula is C22H30N4OS. The van der Waals surface area contributed by atoms with E-state index in [2.05, 4.69) is 69.1 Å². The fraction of sp³-hybridized carbons (Fsp3) is 0.409. The lowest BCUT2D eigenvalue weighted by atomic mass is 10.1. The van der Waals surface area contributed by atoms with Crippen molar-refractivity contribution in [3.63, 3.8) is 0 Å². The molecule has 3 rings (SSSR count). The van der Waals surface area contributed by atoms with Gasteiger partial charge in [0.15, 0.2) is 5.96 Å². The molecule has 2 aromatic rings. The number of morpholine rings is 1. The molecule has 0 aliphatic carbocycles. The van der Waals surface area contributed by atoms with Crippen molar-refractivity contribution in [1.29, 1.82) is 0 Å². The third kappa shape index (κ3) is 6.86. The maximum atomic E-state index is 5.46. The van der Waals surface area contributed by atoms with Crippen molar-refractivity contribution < 1.29 is 4.74 Å². The molecule has 0 unspecified atom stereocenters. The minimum atomic E-state index is 0.770. The van der Waals surface area contributed by atoms with Crippen LogP contribution in [0.25, 0.3) is 0 Å². The molecule has 2 N–H and O–H groups in total. The van der Waals surface area contributed by atoms with Crippen LogP contribution in [-0.2, 0) is 17.8 Å². The summed E-state index contributed by atoms with van der Waals surface area (Å²) in [4.78, 5) is 8.10. The summed E-state index contributed by atoms with van der Waals surface area (Å²) < 4.78 is 5.46. The van der Waals surface area contributed by atoms with Gasteiger partial charge in [-0.25, -0.2) is 0 Å². The normalized spacial score (nSPS) is 15.4. The highest BCUT2D eigenvalue weighted by atomic mass is 32.2. The predicted octanol–water partition coefficient (Wildman–Crippen LogP) is 2.98. The van der Waals surface area contributed by atoms with Crippen LogP contribution in [0.15, 0.2) is 64.5 Å². The van der Waals surface area contributed by atoms with Gasteiger partial charge in [-0.3, -0.25) is 9.89 Å². The Bertz CT molecular complexity index is 732. The molecule has 0 bridgehead atoms. The number of thioether (sulfide) groups is 1. The van der Waals surface area contributed by atoms with E-state index >= 15 is 0 Å². The zero-order chi connectivity index (χ0) is 19.4. The number of nitrogens with one attached hydrogen (secondary N) is 2. The second kappa shape index (κ2) is 11.7. The maximum absolute atomic E-state index is 5.46. The first-order valence-electron chi connectivity index (χ1n) is 9.84. The first-order chi connectivity index (χ1) is 13.8. The fourth-order valence-corrected chi connectivity index (χ4v) is 3.93. The fourth-order valence-electron chi connectivity index (χ4n) is 3.14. The van der Waals surface area contributed by atoms with Crippen molar-refractivity contribution in [2.75, 3.05) is 45.6 Å². The van der Waals surface area contributed by atoms with Gasteiger partial charge in [0, 0.05) is 50.4 Å². The van der Waals surface area contributed by atoms with Crippen LogP contribution in [0.5, 0.6) is 0 Å². The Labute approximate surface area is 172 Å². The molecule has 1 heterocycles. The Hall–Kier alpha value is -2.02. The third-order valence-electron chi connectivity index (χ3n) is 4.69. The second-order valence-corrected chi connectivity index (χ2v) is 7.84. The van der Waals surface area contributed by atoms with E-state index in [-0.39, 0.29) is 0 Å². The van der Waals surface area contributed by atoms with Gasteiger partial charge in [-0.2, -0.15) is 0 Å². The van der Waals surface area contributed by atoms with Crippen molar-refractivity contribution in [3.05, 3.63) is 65.7 Å². The smallest absolute Gasteiger partial charge is 0.191 e. The van der Waals surface area contributed by atoms with Crippen molar-refractivity contribution >= 4 is 17.7 Å². The van der Waals surface area contributed by atoms with Gasteiger partial charge in [-0.1, -0.05) is 42.5 Å². The molecule has 0 radical (unpaired) electrons. The van der Waals surface area contributed by atoms with Crippen LogP contribution in [0.4, 0.5) is 0 Å². The molecule has 150 valence electrons. The van der Waals surface area contributed by atoms with Gasteiger partial charge in [0.2, 0.25) is 0 Å². The molecule has 2 aromatic carbocycles. The van der Waals surface area contributed by atoms with E-state index in [1.54, 1.807) is 0 Å². The van der Waals surface area contributed by atoms with Crippen molar-refractivity contribution in [1.82, 2.24) is 15.5 Å². The SMILES string of the molecule is CN=C(NCCSc1ccccc1)NCc1ccccc1CN1CCOCC1. The van der Waals surface area contributed by atoms with Crippen LogP contribution in [0.3, 0.4) is 0 Å². The summed E-state index contributed by atoms with van der Waals surface area (Å²) in [5.41, 5.74) is 2.68. The second-order valence-electron chi connectivity index (χ2n) is 6.67. The summed E-state index contributed by atoms with van der Waals surface area (Å²) in [6.07, 6.45) is 0. The molecule has 0 saturated carbocycles. The van der Waals surface area contributed by atoms with Crippen LogP contribution < -0.4 is 10.6 Å². The Morgan fingerprint density at radius 1 is 1.00 bits per heavy atom. The largest absolute Gasteiger partial charge is 0.379 e. The first kappa shape index (κ1) is 20.7. The predicted molar refractivity (Wildman–Crippen MR) is 118 cm³/mol. The van der Waals surface area contributed by atoms with Crippen LogP contribution >= 0.6 is 11.8 Å². The summed E-state index contributed by atoms with van der Waals surface area (Å²) in [7, 11) is 1.82. The Balaban J connectivity index is 1.44. The topological polar surface area (TPSA) is 48.9 Å². The van der Waals surface area contributed by atoms with E-state index in [4.69, 9.17) is 4.74 Å². The number of rotatable bonds is 8. The number of hydrogen-bond donors (Lipinski definition) is 2. The number of nitrogens with zero attached hydrogens (tertiary/aromatic N) is 2. The molecule has 0 aromatic heterocycles. The summed E-state index contributed by atoms with van der Waals surface area (Å²) >= 11 is 1.85. The minimum Gasteiger partial charge on any atom is -0.379 e. The molecule has 0 atom stereocenters. The van der Waals surface area contributed by atoms with Crippen LogP contribution in [0.2, 0.25) is 0 Å². The van der Waals surface area contributed by atoms with E-state index in [0.29, 0.717) is 0 Å². The van der Waals surface area contributed by atoms with Crippen molar-refractivity contribution in [3.8, 4) is 0 Å². The average Bonchev–Trinajstić information content (AvgIpc) is 2.76. The molecule has 6 heteroatoms. The number of ether oxygens (including phenoxy) is 1. The minimum absolute atomic E-state index is 0.770. The van der Waals surface area contributed by atoms with E-state index in [1.807, 2.05) is 24.9 Å². The van der Waals surface area contributed by atoms with Gasteiger partial charge in [0.25, 0.3) is 0 Å². The standard InChI is InChI=1S/C22H30N4OS/c1-23-22(24-11-16-28-21-9-3-2-4-10-21)25-17-19-7-5-6-8-20(19)18-26-12-14-27-15-13-26/h2-10H,11-18H2,1H3,(H2,23,24,25). The summed E-state index contributed by atoms with van der Waals surface area (Å²) in [6.45, 7) is 6.28. The van der Waals surface area contributed by atoms with Gasteiger partial charge < -0.3 is 15.4 Å². The molecule has 0 spiro atoms. The van der Waals surface area contributed by atoms with Crippen LogP contribution in [-0.4, -0.2) is 56.5 Å². The number of benzene rings is 2. The highest BCUT2D eigenvalue weighted by Gasteiger charge is 2.12. The Morgan fingerprint density at radius 2 is 1.71 bits per heavy atom. The van der Waals surface area contributed by atoms with Crippen LogP contribution in [0.1, 0.15) is 11.1 Å². The zero-order valence-corrected chi connectivity index (χ0v) is 17.4. The Kier molecular flexibility index (Phi) is 8.68. The van der Waals surface area contributed by atoms with Gasteiger partial charge >= 0.3 is 0 Å². The molecular weight excluding hydrogens is 368 g/mol. The third-order valence-corrected chi connectivity index (χ3v) is 5.71. The van der Waals surface area contributed by atoms with E-state index in [1.165, 1.54) is 16.0 Å². The lowest BCUT2D eigenvalue weighted by Crippen LogP contribution is -2.38. The van der Waals surface area contributed by atoms with Gasteiger partial charge in [0.1, 0.15) is 0 Å². The zero-order valence-electron chi connectivity index (χ0n) is 16.6. The maximum Gasteiger partial charge on any atom is 0.191 e. The summed E-state index contributed by atoms with van der Waals surface area (Å²) in [6, 6.07) is 19.1. The van der Waals surface area contributed by atoms with Crippen molar-refractivity contribution in [2.45, 2.75) is 18.0 Å². The molecule has 1 fully saturated rings. The highest BCUT2D eigenvalue weighted by Crippen LogP contribution is 2.16. The molecule has 1 aliphatic rings. The monoisotopic (exact) mass is 398 g/mol.